The van der Waals surface area contributed by atoms with Gasteiger partial charge in [-0.25, -0.2) is 8.78 Å². The van der Waals surface area contributed by atoms with Crippen molar-refractivity contribution in [2.45, 2.75) is 50.9 Å². The first-order valence-corrected chi connectivity index (χ1v) is 5.24. The Hall–Kier alpha value is -0.260. The molecule has 3 nitrogen and oxygen atoms in total. The maximum absolute atomic E-state index is 13.3. The van der Waals surface area contributed by atoms with Crippen LogP contribution in [0.4, 0.5) is 8.78 Å². The smallest absolute Gasteiger partial charge is 0.157 e. The topological polar surface area (TPSA) is 49.7 Å². The number of ether oxygens (including phenoxy) is 1. The minimum absolute atomic E-state index is 0.0452. The van der Waals surface area contributed by atoms with E-state index in [2.05, 4.69) is 0 Å². The van der Waals surface area contributed by atoms with Crippen LogP contribution < -0.4 is 0 Å². The number of hydrogen-bond donors (Lipinski definition) is 2. The summed E-state index contributed by atoms with van der Waals surface area (Å²) in [6, 6.07) is 0. The highest BCUT2D eigenvalue weighted by atomic mass is 19.1. The van der Waals surface area contributed by atoms with Gasteiger partial charge in [-0.1, -0.05) is 20.3 Å². The van der Waals surface area contributed by atoms with Crippen molar-refractivity contribution in [1.29, 1.82) is 0 Å². The van der Waals surface area contributed by atoms with Crippen molar-refractivity contribution >= 4 is 0 Å². The first-order chi connectivity index (χ1) is 7.02. The Bertz CT molecular complexity index is 201. The predicted molar refractivity (Wildman–Crippen MR) is 51.0 cm³/mol. The van der Waals surface area contributed by atoms with E-state index in [1.807, 2.05) is 13.8 Å². The first-order valence-electron chi connectivity index (χ1n) is 5.24. The molecule has 1 heterocycles. The van der Waals surface area contributed by atoms with Crippen LogP contribution >= 0.6 is 0 Å². The summed E-state index contributed by atoms with van der Waals surface area (Å²) < 4.78 is 30.8. The largest absolute Gasteiger partial charge is 0.388 e. The third-order valence-electron chi connectivity index (χ3n) is 3.06. The number of halogens is 2. The highest BCUT2D eigenvalue weighted by Gasteiger charge is 2.46. The van der Waals surface area contributed by atoms with E-state index in [0.717, 1.165) is 0 Å². The van der Waals surface area contributed by atoms with Gasteiger partial charge in [-0.2, -0.15) is 0 Å². The maximum atomic E-state index is 13.3. The second-order valence-electron chi connectivity index (χ2n) is 4.10. The van der Waals surface area contributed by atoms with Crippen molar-refractivity contribution in [3.05, 3.63) is 0 Å². The van der Waals surface area contributed by atoms with Gasteiger partial charge >= 0.3 is 0 Å². The zero-order valence-corrected chi connectivity index (χ0v) is 8.94. The first kappa shape index (κ1) is 12.8. The minimum atomic E-state index is -1.86. The van der Waals surface area contributed by atoms with Crippen molar-refractivity contribution in [1.82, 2.24) is 0 Å². The van der Waals surface area contributed by atoms with Crippen LogP contribution in [0.3, 0.4) is 0 Å². The molecule has 2 N–H and O–H groups in total. The number of alkyl halides is 2. The molecule has 1 rings (SSSR count). The van der Waals surface area contributed by atoms with E-state index in [1.54, 1.807) is 0 Å². The van der Waals surface area contributed by atoms with Crippen LogP contribution in [0.25, 0.3) is 0 Å². The van der Waals surface area contributed by atoms with E-state index in [1.165, 1.54) is 0 Å². The zero-order valence-electron chi connectivity index (χ0n) is 8.94. The van der Waals surface area contributed by atoms with Crippen LogP contribution in [0.15, 0.2) is 0 Å². The van der Waals surface area contributed by atoms with Gasteiger partial charge in [-0.3, -0.25) is 0 Å². The fourth-order valence-electron chi connectivity index (χ4n) is 1.78. The van der Waals surface area contributed by atoms with Gasteiger partial charge in [-0.05, 0) is 5.92 Å². The van der Waals surface area contributed by atoms with E-state index < -0.39 is 37.3 Å². The molecule has 0 aromatic rings. The lowest BCUT2D eigenvalue weighted by Crippen LogP contribution is -2.58. The summed E-state index contributed by atoms with van der Waals surface area (Å²) in [5, 5.41) is 19.0. The molecule has 2 unspecified atom stereocenters. The fraction of sp³-hybridized carbons (Fsp3) is 1.00. The van der Waals surface area contributed by atoms with E-state index in [9.17, 15) is 19.0 Å². The summed E-state index contributed by atoms with van der Waals surface area (Å²) >= 11 is 0. The van der Waals surface area contributed by atoms with Crippen LogP contribution in [0.2, 0.25) is 0 Å². The van der Waals surface area contributed by atoms with E-state index in [4.69, 9.17) is 4.74 Å². The molecule has 1 fully saturated rings. The third kappa shape index (κ3) is 2.46. The Kier molecular flexibility index (Phi) is 4.43. The Morgan fingerprint density at radius 2 is 1.93 bits per heavy atom. The molecular weight excluding hydrogens is 206 g/mol. The normalized spacial score (nSPS) is 44.0. The van der Waals surface area contributed by atoms with E-state index >= 15 is 0 Å². The number of hydrogen-bond acceptors (Lipinski definition) is 3. The van der Waals surface area contributed by atoms with Gasteiger partial charge in [0, 0.05) is 0 Å². The molecule has 90 valence electrons. The molecule has 0 amide bonds. The average Bonchev–Trinajstić information content (AvgIpc) is 2.25. The van der Waals surface area contributed by atoms with Crippen LogP contribution in [0, 0.1) is 5.92 Å². The summed E-state index contributed by atoms with van der Waals surface area (Å²) in [6.45, 7) is 2.71. The highest BCUT2D eigenvalue weighted by Crippen LogP contribution is 2.29. The lowest BCUT2D eigenvalue weighted by molar-refractivity contribution is -0.219. The Morgan fingerprint density at radius 1 is 1.33 bits per heavy atom. The molecule has 5 heteroatoms. The summed E-state index contributed by atoms with van der Waals surface area (Å²) in [5.41, 5.74) is 0. The van der Waals surface area contributed by atoms with E-state index in [-0.39, 0.29) is 5.92 Å². The molecule has 1 aliphatic rings. The van der Waals surface area contributed by atoms with Crippen LogP contribution in [0.1, 0.15) is 20.3 Å². The Labute approximate surface area is 88.1 Å². The maximum Gasteiger partial charge on any atom is 0.157 e. The molecular formula is C10H18F2O3. The highest BCUT2D eigenvalue weighted by molar-refractivity contribution is 4.93. The van der Waals surface area contributed by atoms with Gasteiger partial charge < -0.3 is 14.9 Å². The van der Waals surface area contributed by atoms with Gasteiger partial charge in [0.25, 0.3) is 0 Å². The molecule has 0 aromatic carbocycles. The third-order valence-corrected chi connectivity index (χ3v) is 3.06. The molecule has 0 saturated carbocycles. The number of aliphatic hydroxyl groups is 2. The fourth-order valence-corrected chi connectivity index (χ4v) is 1.78. The Morgan fingerprint density at radius 3 is 2.40 bits per heavy atom. The Balaban J connectivity index is 2.74. The van der Waals surface area contributed by atoms with Gasteiger partial charge in [0.1, 0.15) is 25.0 Å². The second kappa shape index (κ2) is 5.18. The summed E-state index contributed by atoms with van der Waals surface area (Å²) in [7, 11) is 0. The number of rotatable bonds is 3. The molecule has 0 bridgehead atoms. The van der Waals surface area contributed by atoms with Gasteiger partial charge in [0.05, 0.1) is 6.10 Å². The molecule has 15 heavy (non-hydrogen) atoms. The van der Waals surface area contributed by atoms with E-state index in [0.29, 0.717) is 6.42 Å². The average molecular weight is 224 g/mol. The molecule has 1 saturated heterocycles. The standard InChI is InChI=1S/C10H18F2O3/c1-3-5(2)10-9(14)8(13)7(12)6(4-11)15-10/h5-10,13-14H,3-4H2,1-2H3/t5?,6-,7-,8+,9-,10?/m1/s1. The molecule has 0 aliphatic carbocycles. The van der Waals surface area contributed by atoms with Crippen LogP contribution in [0.5, 0.6) is 0 Å². The van der Waals surface area contributed by atoms with Crippen molar-refractivity contribution in [3.63, 3.8) is 0 Å². The van der Waals surface area contributed by atoms with Crippen molar-refractivity contribution in [2.75, 3.05) is 6.67 Å². The molecule has 0 aromatic heterocycles. The van der Waals surface area contributed by atoms with Gasteiger partial charge in [0.15, 0.2) is 6.17 Å². The lowest BCUT2D eigenvalue weighted by Gasteiger charge is -2.41. The summed E-state index contributed by atoms with van der Waals surface area (Å²) in [6.07, 6.45) is -5.94. The lowest BCUT2D eigenvalue weighted by atomic mass is 9.88. The SMILES string of the molecule is CCC(C)C1O[C@H](CF)[C@@H](F)[C@H](O)[C@H]1O. The van der Waals surface area contributed by atoms with Crippen molar-refractivity contribution in [2.24, 2.45) is 5.92 Å². The summed E-state index contributed by atoms with van der Waals surface area (Å²) in [5.74, 6) is -0.0452. The van der Waals surface area contributed by atoms with Crippen molar-refractivity contribution in [3.8, 4) is 0 Å². The van der Waals surface area contributed by atoms with Crippen LogP contribution in [-0.4, -0.2) is 47.5 Å². The second-order valence-corrected chi connectivity index (χ2v) is 4.10. The monoisotopic (exact) mass is 224 g/mol. The molecule has 6 atom stereocenters. The molecule has 0 spiro atoms. The summed E-state index contributed by atoms with van der Waals surface area (Å²) in [4.78, 5) is 0. The zero-order chi connectivity index (χ0) is 11.6. The minimum Gasteiger partial charge on any atom is -0.388 e. The number of aliphatic hydroxyl groups excluding tert-OH is 2. The molecule has 0 radical (unpaired) electrons. The molecule has 1 aliphatic heterocycles. The quantitative estimate of drug-likeness (QED) is 0.746. The van der Waals surface area contributed by atoms with Gasteiger partial charge in [0.2, 0.25) is 0 Å². The van der Waals surface area contributed by atoms with Crippen LogP contribution in [-0.2, 0) is 4.74 Å². The van der Waals surface area contributed by atoms with Crippen molar-refractivity contribution < 1.29 is 23.7 Å². The van der Waals surface area contributed by atoms with Gasteiger partial charge in [-0.15, -0.1) is 0 Å². The predicted octanol–water partition coefficient (Wildman–Crippen LogP) is 0.829.